The number of rotatable bonds is 5. The number of H-pyrrole nitrogens is 1. The lowest BCUT2D eigenvalue weighted by atomic mass is 9.94. The summed E-state index contributed by atoms with van der Waals surface area (Å²) in [6.45, 7) is 1.42. The number of halogens is 2. The summed E-state index contributed by atoms with van der Waals surface area (Å²) < 4.78 is 35.6. The van der Waals surface area contributed by atoms with Gasteiger partial charge in [0.1, 0.15) is 5.82 Å². The van der Waals surface area contributed by atoms with Crippen molar-refractivity contribution >= 4 is 11.7 Å². The number of amides is 1. The third kappa shape index (κ3) is 3.72. The largest absolute Gasteiger partial charge is 0.586 e. The molecule has 0 saturated heterocycles. The van der Waals surface area contributed by atoms with Crippen molar-refractivity contribution in [3.8, 4) is 22.8 Å². The van der Waals surface area contributed by atoms with E-state index >= 15 is 0 Å². The summed E-state index contributed by atoms with van der Waals surface area (Å²) in [5.74, 6) is -0.193. The summed E-state index contributed by atoms with van der Waals surface area (Å²) in [5.41, 5.74) is 1.43. The number of anilines is 1. The van der Waals surface area contributed by atoms with E-state index in [0.717, 1.165) is 5.56 Å². The molecule has 3 aromatic rings. The molecule has 0 atom stereocenters. The van der Waals surface area contributed by atoms with Gasteiger partial charge in [0.2, 0.25) is 5.91 Å². The predicted octanol–water partition coefficient (Wildman–Crippen LogP) is 3.23. The first-order chi connectivity index (χ1) is 15.7. The first kappa shape index (κ1) is 21.1. The monoisotopic (exact) mass is 455 g/mol. The molecule has 5 rings (SSSR count). The second-order valence-corrected chi connectivity index (χ2v) is 8.13. The molecule has 1 saturated carbocycles. The van der Waals surface area contributed by atoms with Gasteiger partial charge in [0.15, 0.2) is 11.5 Å². The van der Waals surface area contributed by atoms with Crippen LogP contribution >= 0.6 is 0 Å². The Balaban J connectivity index is 1.41. The van der Waals surface area contributed by atoms with Gasteiger partial charge < -0.3 is 24.9 Å². The van der Waals surface area contributed by atoms with E-state index in [2.05, 4.69) is 24.8 Å². The summed E-state index contributed by atoms with van der Waals surface area (Å²) >= 11 is 0. The zero-order valence-corrected chi connectivity index (χ0v) is 17.4. The molecule has 0 spiro atoms. The lowest BCUT2D eigenvalue weighted by molar-refractivity contribution is -0.286. The molecule has 1 aliphatic carbocycles. The van der Waals surface area contributed by atoms with Crippen LogP contribution in [0.25, 0.3) is 11.3 Å². The number of aromatic amines is 1. The van der Waals surface area contributed by atoms with E-state index in [-0.39, 0.29) is 28.5 Å². The highest BCUT2D eigenvalue weighted by molar-refractivity contribution is 6.01. The number of nitrogens with zero attached hydrogens (tertiary/aromatic N) is 1. The molecule has 1 amide bonds. The summed E-state index contributed by atoms with van der Waals surface area (Å²) in [6.07, 6.45) is -1.13. The Bertz CT molecular complexity index is 1330. The minimum Gasteiger partial charge on any atom is -0.395 e. The van der Waals surface area contributed by atoms with Crippen LogP contribution in [-0.2, 0) is 16.8 Å². The number of ether oxygens (including phenoxy) is 2. The van der Waals surface area contributed by atoms with Gasteiger partial charge in [0.25, 0.3) is 5.56 Å². The zero-order valence-electron chi connectivity index (χ0n) is 17.4. The lowest BCUT2D eigenvalue weighted by Crippen LogP contribution is -2.28. The molecule has 2 aliphatic rings. The Morgan fingerprint density at radius 3 is 2.67 bits per heavy atom. The number of carbonyl (C=O) groups excluding carboxylic acids is 1. The molecule has 0 bridgehead atoms. The fourth-order valence-electron chi connectivity index (χ4n) is 3.93. The lowest BCUT2D eigenvalue weighted by Gasteiger charge is -2.17. The van der Waals surface area contributed by atoms with Crippen molar-refractivity contribution in [3.05, 3.63) is 69.6 Å². The Morgan fingerprint density at radius 1 is 1.18 bits per heavy atom. The second-order valence-electron chi connectivity index (χ2n) is 8.13. The second kappa shape index (κ2) is 7.38. The molecule has 0 unspecified atom stereocenters. The molecule has 1 aliphatic heterocycles. The van der Waals surface area contributed by atoms with Crippen LogP contribution in [0.5, 0.6) is 11.5 Å². The SMILES string of the molecule is Cc1ccc(NC(=O)C2(c3ccc4c(c3)OC(F)(F)O4)CC2)nc1-c1c[nH]c(=O)c(CO)c1. The van der Waals surface area contributed by atoms with Gasteiger partial charge >= 0.3 is 6.29 Å². The van der Waals surface area contributed by atoms with Crippen LogP contribution in [0.15, 0.2) is 47.4 Å². The van der Waals surface area contributed by atoms with Gasteiger partial charge in [-0.15, -0.1) is 8.78 Å². The van der Waals surface area contributed by atoms with Gasteiger partial charge in [-0.2, -0.15) is 0 Å². The predicted molar refractivity (Wildman–Crippen MR) is 113 cm³/mol. The average molecular weight is 455 g/mol. The first-order valence-corrected chi connectivity index (χ1v) is 10.2. The van der Waals surface area contributed by atoms with Crippen molar-refractivity contribution in [2.75, 3.05) is 5.32 Å². The molecular weight excluding hydrogens is 436 g/mol. The molecule has 8 nitrogen and oxygen atoms in total. The van der Waals surface area contributed by atoms with Crippen molar-refractivity contribution in [3.63, 3.8) is 0 Å². The van der Waals surface area contributed by atoms with Crippen molar-refractivity contribution in [1.29, 1.82) is 0 Å². The van der Waals surface area contributed by atoms with Crippen LogP contribution in [0.3, 0.4) is 0 Å². The van der Waals surface area contributed by atoms with E-state index in [4.69, 9.17) is 0 Å². The molecular formula is C23H19F2N3O5. The number of aliphatic hydroxyl groups is 1. The molecule has 10 heteroatoms. The highest BCUT2D eigenvalue weighted by atomic mass is 19.3. The van der Waals surface area contributed by atoms with Crippen molar-refractivity contribution < 1.29 is 28.2 Å². The number of aliphatic hydroxyl groups excluding tert-OH is 1. The molecule has 33 heavy (non-hydrogen) atoms. The van der Waals surface area contributed by atoms with Crippen LogP contribution in [0, 0.1) is 6.92 Å². The number of benzene rings is 1. The summed E-state index contributed by atoms with van der Waals surface area (Å²) in [7, 11) is 0. The Hall–Kier alpha value is -3.79. The van der Waals surface area contributed by atoms with Gasteiger partial charge in [-0.3, -0.25) is 9.59 Å². The summed E-state index contributed by atoms with van der Waals surface area (Å²) in [4.78, 5) is 32.0. The molecule has 2 aromatic heterocycles. The molecule has 1 aromatic carbocycles. The first-order valence-electron chi connectivity index (χ1n) is 10.2. The Labute approximate surface area is 186 Å². The smallest absolute Gasteiger partial charge is 0.395 e. The highest BCUT2D eigenvalue weighted by Gasteiger charge is 2.53. The number of aryl methyl sites for hydroxylation is 1. The Kier molecular flexibility index (Phi) is 4.71. The maximum Gasteiger partial charge on any atom is 0.586 e. The van der Waals surface area contributed by atoms with E-state index in [0.29, 0.717) is 35.5 Å². The number of pyridine rings is 2. The fourth-order valence-corrected chi connectivity index (χ4v) is 3.93. The van der Waals surface area contributed by atoms with E-state index in [1.165, 1.54) is 18.3 Å². The zero-order chi connectivity index (χ0) is 23.4. The highest BCUT2D eigenvalue weighted by Crippen LogP contribution is 2.52. The van der Waals surface area contributed by atoms with Gasteiger partial charge in [-0.05, 0) is 55.2 Å². The third-order valence-corrected chi connectivity index (χ3v) is 5.90. The molecule has 1 fully saturated rings. The van der Waals surface area contributed by atoms with Crippen molar-refractivity contribution in [1.82, 2.24) is 9.97 Å². The standard InChI is InChI=1S/C23H19F2N3O5/c1-12-2-5-18(27-19(12)13-8-14(11-29)20(30)26-10-13)28-21(31)22(6-7-22)15-3-4-16-17(9-15)33-23(24,25)32-16/h2-5,8-10,29H,6-7,11H2,1H3,(H,26,30)(H,27,28,31). The van der Waals surface area contributed by atoms with Crippen LogP contribution < -0.4 is 20.3 Å². The van der Waals surface area contributed by atoms with E-state index < -0.39 is 18.3 Å². The molecule has 170 valence electrons. The number of hydrogen-bond donors (Lipinski definition) is 3. The van der Waals surface area contributed by atoms with Crippen LogP contribution in [-0.4, -0.2) is 27.3 Å². The fraction of sp³-hybridized carbons (Fsp3) is 0.261. The number of alkyl halides is 2. The topological polar surface area (TPSA) is 114 Å². The van der Waals surface area contributed by atoms with Crippen molar-refractivity contribution in [2.45, 2.75) is 38.1 Å². The van der Waals surface area contributed by atoms with E-state index in [1.807, 2.05) is 6.92 Å². The minimum absolute atomic E-state index is 0.0760. The maximum atomic E-state index is 13.3. The number of carbonyl (C=O) groups is 1. The number of aromatic nitrogens is 2. The number of fused-ring (bicyclic) bond motifs is 1. The quantitative estimate of drug-likeness (QED) is 0.545. The summed E-state index contributed by atoms with van der Waals surface area (Å²) in [5, 5.41) is 12.2. The van der Waals surface area contributed by atoms with Gasteiger partial charge in [0.05, 0.1) is 17.7 Å². The van der Waals surface area contributed by atoms with Gasteiger partial charge in [0, 0.05) is 17.3 Å². The Morgan fingerprint density at radius 2 is 1.94 bits per heavy atom. The maximum absolute atomic E-state index is 13.3. The van der Waals surface area contributed by atoms with Crippen LogP contribution in [0.4, 0.5) is 14.6 Å². The minimum atomic E-state index is -3.72. The number of hydrogen-bond acceptors (Lipinski definition) is 6. The van der Waals surface area contributed by atoms with E-state index in [9.17, 15) is 23.5 Å². The third-order valence-electron chi connectivity index (χ3n) is 5.90. The molecule has 3 heterocycles. The van der Waals surface area contributed by atoms with Crippen LogP contribution in [0.1, 0.15) is 29.5 Å². The van der Waals surface area contributed by atoms with E-state index in [1.54, 1.807) is 24.3 Å². The average Bonchev–Trinajstić information content (AvgIpc) is 3.52. The summed E-state index contributed by atoms with van der Waals surface area (Å²) in [6, 6.07) is 9.35. The van der Waals surface area contributed by atoms with Gasteiger partial charge in [-0.25, -0.2) is 4.98 Å². The van der Waals surface area contributed by atoms with Gasteiger partial charge in [-0.1, -0.05) is 12.1 Å². The number of nitrogens with one attached hydrogen (secondary N) is 2. The van der Waals surface area contributed by atoms with Crippen LogP contribution in [0.2, 0.25) is 0 Å². The molecule has 0 radical (unpaired) electrons. The van der Waals surface area contributed by atoms with Crippen molar-refractivity contribution in [2.24, 2.45) is 0 Å². The normalized spacial score (nSPS) is 17.0. The molecule has 3 N–H and O–H groups in total.